The molecule has 2 amide bonds. The maximum atomic E-state index is 12.0. The Morgan fingerprint density at radius 2 is 1.81 bits per heavy atom. The zero-order chi connectivity index (χ0) is 16.0. The fraction of sp³-hybridized carbons (Fsp3) is 0.933. The van der Waals surface area contributed by atoms with E-state index in [1.54, 1.807) is 0 Å². The molecule has 0 aliphatic heterocycles. The Morgan fingerprint density at radius 1 is 1.19 bits per heavy atom. The van der Waals surface area contributed by atoms with Crippen LogP contribution < -0.4 is 10.6 Å². The van der Waals surface area contributed by atoms with Gasteiger partial charge in [0.15, 0.2) is 0 Å². The molecule has 2 N–H and O–H groups in total. The quantitative estimate of drug-likeness (QED) is 0.789. The summed E-state index contributed by atoms with van der Waals surface area (Å²) >= 11 is 0. The maximum Gasteiger partial charge on any atom is 0.315 e. The van der Waals surface area contributed by atoms with Crippen LogP contribution in [0, 0.1) is 11.8 Å². The minimum Gasteiger partial charge on any atom is -0.336 e. The third-order valence-electron chi connectivity index (χ3n) is 4.29. The van der Waals surface area contributed by atoms with Gasteiger partial charge in [0.2, 0.25) is 0 Å². The molecular formula is C15H30N2O3S. The normalized spacial score (nSPS) is 24.6. The van der Waals surface area contributed by atoms with Crippen molar-refractivity contribution in [1.29, 1.82) is 0 Å². The van der Waals surface area contributed by atoms with E-state index in [2.05, 4.69) is 24.5 Å². The Labute approximate surface area is 129 Å². The summed E-state index contributed by atoms with van der Waals surface area (Å²) in [4.78, 5) is 12.0. The Morgan fingerprint density at radius 3 is 2.38 bits per heavy atom. The van der Waals surface area contributed by atoms with Crippen molar-refractivity contribution in [2.45, 2.75) is 65.0 Å². The predicted octanol–water partition coefficient (Wildman–Crippen LogP) is 2.32. The summed E-state index contributed by atoms with van der Waals surface area (Å²) in [7, 11) is -2.97. The van der Waals surface area contributed by atoms with Crippen LogP contribution in [0.25, 0.3) is 0 Å². The molecule has 0 heterocycles. The number of hydrogen-bond acceptors (Lipinski definition) is 3. The summed E-state index contributed by atoms with van der Waals surface area (Å²) in [6, 6.07) is -0.0739. The monoisotopic (exact) mass is 318 g/mol. The van der Waals surface area contributed by atoms with Crippen LogP contribution in [0.3, 0.4) is 0 Å². The van der Waals surface area contributed by atoms with E-state index in [0.717, 1.165) is 12.8 Å². The molecule has 1 saturated carbocycles. The van der Waals surface area contributed by atoms with Crippen LogP contribution in [-0.4, -0.2) is 38.5 Å². The van der Waals surface area contributed by atoms with Crippen molar-refractivity contribution in [1.82, 2.24) is 10.6 Å². The SMILES string of the molecule is CC(CCS(C)(=O)=O)NC(=O)NC1CCCCC1C(C)C. The highest BCUT2D eigenvalue weighted by atomic mass is 32.2. The average Bonchev–Trinajstić information content (AvgIpc) is 2.35. The van der Waals surface area contributed by atoms with Gasteiger partial charge in [-0.1, -0.05) is 26.7 Å². The van der Waals surface area contributed by atoms with Crippen LogP contribution in [0.5, 0.6) is 0 Å². The molecule has 1 fully saturated rings. The predicted molar refractivity (Wildman–Crippen MR) is 86.0 cm³/mol. The third-order valence-corrected chi connectivity index (χ3v) is 5.27. The van der Waals surface area contributed by atoms with Gasteiger partial charge in [-0.3, -0.25) is 0 Å². The lowest BCUT2D eigenvalue weighted by Crippen LogP contribution is -2.50. The number of carbonyl (C=O) groups is 1. The van der Waals surface area contributed by atoms with Gasteiger partial charge < -0.3 is 10.6 Å². The third kappa shape index (κ3) is 7.16. The van der Waals surface area contributed by atoms with Gasteiger partial charge >= 0.3 is 6.03 Å². The molecule has 5 nitrogen and oxygen atoms in total. The Balaban J connectivity index is 2.41. The number of urea groups is 1. The molecular weight excluding hydrogens is 288 g/mol. The molecule has 0 aromatic rings. The lowest BCUT2D eigenvalue weighted by Gasteiger charge is -2.35. The van der Waals surface area contributed by atoms with E-state index >= 15 is 0 Å². The fourth-order valence-electron chi connectivity index (χ4n) is 3.03. The minimum atomic E-state index is -2.97. The number of sulfone groups is 1. The molecule has 0 bridgehead atoms. The zero-order valence-electron chi connectivity index (χ0n) is 13.7. The van der Waals surface area contributed by atoms with Gasteiger partial charge in [0.05, 0.1) is 5.75 Å². The highest BCUT2D eigenvalue weighted by Gasteiger charge is 2.28. The van der Waals surface area contributed by atoms with Crippen molar-refractivity contribution in [3.05, 3.63) is 0 Å². The van der Waals surface area contributed by atoms with Gasteiger partial charge in [0, 0.05) is 18.3 Å². The van der Waals surface area contributed by atoms with Crippen molar-refractivity contribution in [2.75, 3.05) is 12.0 Å². The van der Waals surface area contributed by atoms with Gasteiger partial charge in [0.25, 0.3) is 0 Å². The molecule has 3 atom stereocenters. The standard InChI is InChI=1S/C15H30N2O3S/c1-11(2)13-7-5-6-8-14(13)17-15(18)16-12(3)9-10-21(4,19)20/h11-14H,5-10H2,1-4H3,(H2,16,17,18). The second kappa shape index (κ2) is 8.01. The van der Waals surface area contributed by atoms with Crippen LogP contribution >= 0.6 is 0 Å². The van der Waals surface area contributed by atoms with Gasteiger partial charge in [-0.2, -0.15) is 0 Å². The van der Waals surface area contributed by atoms with Crippen LogP contribution in [0.15, 0.2) is 0 Å². The summed E-state index contributed by atoms with van der Waals surface area (Å²) in [5.74, 6) is 1.21. The van der Waals surface area contributed by atoms with Gasteiger partial charge in [-0.25, -0.2) is 13.2 Å². The van der Waals surface area contributed by atoms with Crippen LogP contribution in [-0.2, 0) is 9.84 Å². The molecule has 0 aromatic carbocycles. The summed E-state index contributed by atoms with van der Waals surface area (Å²) in [6.07, 6.45) is 6.28. The van der Waals surface area contributed by atoms with E-state index in [0.29, 0.717) is 18.3 Å². The molecule has 1 aliphatic rings. The summed E-state index contributed by atoms with van der Waals surface area (Å²) < 4.78 is 22.3. The van der Waals surface area contributed by atoms with Crippen LogP contribution in [0.2, 0.25) is 0 Å². The minimum absolute atomic E-state index is 0.104. The maximum absolute atomic E-state index is 12.0. The molecule has 0 saturated heterocycles. The van der Waals surface area contributed by atoms with Crippen LogP contribution in [0.4, 0.5) is 4.79 Å². The number of carbonyl (C=O) groups excluding carboxylic acids is 1. The smallest absolute Gasteiger partial charge is 0.315 e. The van der Waals surface area contributed by atoms with Crippen molar-refractivity contribution in [3.8, 4) is 0 Å². The fourth-order valence-corrected chi connectivity index (χ4v) is 3.82. The lowest BCUT2D eigenvalue weighted by molar-refractivity contribution is 0.192. The average molecular weight is 318 g/mol. The molecule has 3 unspecified atom stereocenters. The zero-order valence-corrected chi connectivity index (χ0v) is 14.5. The lowest BCUT2D eigenvalue weighted by atomic mass is 9.78. The molecule has 6 heteroatoms. The molecule has 0 radical (unpaired) electrons. The topological polar surface area (TPSA) is 75.3 Å². The van der Waals surface area contributed by atoms with Crippen molar-refractivity contribution in [3.63, 3.8) is 0 Å². The second-order valence-electron chi connectivity index (χ2n) is 6.74. The first-order valence-electron chi connectivity index (χ1n) is 7.94. The summed E-state index contributed by atoms with van der Waals surface area (Å²) in [6.45, 7) is 6.25. The first-order chi connectivity index (χ1) is 9.69. The van der Waals surface area contributed by atoms with Crippen molar-refractivity contribution >= 4 is 15.9 Å². The highest BCUT2D eigenvalue weighted by molar-refractivity contribution is 7.90. The highest BCUT2D eigenvalue weighted by Crippen LogP contribution is 2.30. The van der Waals surface area contributed by atoms with E-state index in [4.69, 9.17) is 0 Å². The van der Waals surface area contributed by atoms with Crippen molar-refractivity contribution < 1.29 is 13.2 Å². The molecule has 0 aromatic heterocycles. The number of nitrogens with one attached hydrogen (secondary N) is 2. The first-order valence-corrected chi connectivity index (χ1v) is 10.00. The number of amides is 2. The van der Waals surface area contributed by atoms with Crippen LogP contribution in [0.1, 0.15) is 52.9 Å². The molecule has 21 heavy (non-hydrogen) atoms. The summed E-state index contributed by atoms with van der Waals surface area (Å²) in [5, 5.41) is 5.92. The Bertz CT molecular complexity index is 434. The Kier molecular flexibility index (Phi) is 6.97. The van der Waals surface area contributed by atoms with Gasteiger partial charge in [0.1, 0.15) is 9.84 Å². The largest absolute Gasteiger partial charge is 0.336 e. The van der Waals surface area contributed by atoms with E-state index in [1.165, 1.54) is 19.1 Å². The van der Waals surface area contributed by atoms with E-state index in [9.17, 15) is 13.2 Å². The molecule has 0 spiro atoms. The molecule has 124 valence electrons. The first kappa shape index (κ1) is 18.3. The molecule has 1 aliphatic carbocycles. The van der Waals surface area contributed by atoms with Gasteiger partial charge in [-0.05, 0) is 38.0 Å². The van der Waals surface area contributed by atoms with Crippen molar-refractivity contribution in [2.24, 2.45) is 11.8 Å². The number of hydrogen-bond donors (Lipinski definition) is 2. The molecule has 1 rings (SSSR count). The number of rotatable bonds is 6. The van der Waals surface area contributed by atoms with Gasteiger partial charge in [-0.15, -0.1) is 0 Å². The Hall–Kier alpha value is -0.780. The van der Waals surface area contributed by atoms with E-state index in [-0.39, 0.29) is 23.9 Å². The van der Waals surface area contributed by atoms with E-state index in [1.807, 2.05) is 6.92 Å². The van der Waals surface area contributed by atoms with E-state index < -0.39 is 9.84 Å². The summed E-state index contributed by atoms with van der Waals surface area (Å²) in [5.41, 5.74) is 0. The second-order valence-corrected chi connectivity index (χ2v) is 9.00.